The maximum Gasteiger partial charge on any atom is 0.220 e. The van der Waals surface area contributed by atoms with Crippen LogP contribution >= 0.6 is 0 Å². The van der Waals surface area contributed by atoms with Crippen LogP contribution < -0.4 is 5.32 Å². The van der Waals surface area contributed by atoms with Crippen molar-refractivity contribution >= 4 is 5.91 Å². The van der Waals surface area contributed by atoms with E-state index < -0.39 is 0 Å². The summed E-state index contributed by atoms with van der Waals surface area (Å²) in [6.07, 6.45) is 2.70. The van der Waals surface area contributed by atoms with Gasteiger partial charge in [-0.2, -0.15) is 0 Å². The molecule has 0 aliphatic rings. The summed E-state index contributed by atoms with van der Waals surface area (Å²) in [5.74, 6) is -0.0194. The molecule has 0 aromatic heterocycles. The van der Waals surface area contributed by atoms with Gasteiger partial charge in [-0.3, -0.25) is 4.79 Å². The third-order valence-corrected chi connectivity index (χ3v) is 1.92. The number of amides is 1. The van der Waals surface area contributed by atoms with Crippen molar-refractivity contribution in [2.75, 3.05) is 0 Å². The van der Waals surface area contributed by atoms with Crippen LogP contribution in [0.2, 0.25) is 0 Å². The molecule has 14 heavy (non-hydrogen) atoms. The second-order valence-electron chi connectivity index (χ2n) is 3.16. The fraction of sp³-hybridized carbons (Fsp3) is 0.250. The molecule has 0 unspecified atom stereocenters. The molecule has 2 heteroatoms. The second-order valence-corrected chi connectivity index (χ2v) is 3.16. The largest absolute Gasteiger partial charge is 0.330 e. The number of carbonyl (C=O) groups excluding carboxylic acids is 1. The highest BCUT2D eigenvalue weighted by molar-refractivity contribution is 5.74. The maximum atomic E-state index is 10.9. The Labute approximate surface area is 84.6 Å². The zero-order valence-electron chi connectivity index (χ0n) is 8.58. The van der Waals surface area contributed by atoms with E-state index in [1.54, 1.807) is 0 Å². The van der Waals surface area contributed by atoms with Crippen molar-refractivity contribution in [2.24, 2.45) is 0 Å². The molecule has 74 valence electrons. The van der Waals surface area contributed by atoms with Gasteiger partial charge in [0.2, 0.25) is 5.91 Å². The fourth-order valence-corrected chi connectivity index (χ4v) is 1.26. The zero-order chi connectivity index (χ0) is 10.4. The van der Waals surface area contributed by atoms with Crippen molar-refractivity contribution in [3.8, 4) is 0 Å². The average Bonchev–Trinajstić information content (AvgIpc) is 2.17. The minimum absolute atomic E-state index is 0.0194. The number of hydrogen-bond donors (Lipinski definition) is 1. The molecule has 0 aliphatic carbocycles. The van der Waals surface area contributed by atoms with Crippen LogP contribution in [-0.4, -0.2) is 5.91 Å². The number of nitrogens with one attached hydrogen (secondary N) is 1. The molecule has 0 aliphatic heterocycles. The first-order valence-corrected chi connectivity index (χ1v) is 4.69. The summed E-state index contributed by atoms with van der Waals surface area (Å²) in [5, 5.41) is 2.80. The van der Waals surface area contributed by atoms with Gasteiger partial charge in [0.05, 0.1) is 0 Å². The highest BCUT2D eigenvalue weighted by Gasteiger charge is 1.99. The first-order valence-electron chi connectivity index (χ1n) is 4.69. The predicted molar refractivity (Wildman–Crippen MR) is 57.7 cm³/mol. The predicted octanol–water partition coefficient (Wildman–Crippen LogP) is 2.27. The summed E-state index contributed by atoms with van der Waals surface area (Å²) in [7, 11) is 0. The van der Waals surface area contributed by atoms with Gasteiger partial charge in [0.1, 0.15) is 0 Å². The highest BCUT2D eigenvalue weighted by atomic mass is 16.1. The van der Waals surface area contributed by atoms with Gasteiger partial charge < -0.3 is 5.32 Å². The van der Waals surface area contributed by atoms with Gasteiger partial charge in [-0.05, 0) is 12.5 Å². The van der Waals surface area contributed by atoms with E-state index in [2.05, 4.69) is 5.32 Å². The van der Waals surface area contributed by atoms with Crippen molar-refractivity contribution < 1.29 is 4.79 Å². The topological polar surface area (TPSA) is 29.1 Å². The van der Waals surface area contributed by atoms with Crippen LogP contribution in [0, 0.1) is 0 Å². The van der Waals surface area contributed by atoms with Crippen molar-refractivity contribution in [2.45, 2.75) is 20.3 Å². The molecule has 0 heterocycles. The smallest absolute Gasteiger partial charge is 0.220 e. The number of benzene rings is 1. The lowest BCUT2D eigenvalue weighted by Crippen LogP contribution is -2.20. The standard InChI is InChI=1S/C12H15NO/c1-3-12(13-10(2)14)9-11-7-5-4-6-8-11/h3-8H,9H2,1-2H3,(H,13,14). The van der Waals surface area contributed by atoms with E-state index in [0.717, 1.165) is 12.1 Å². The lowest BCUT2D eigenvalue weighted by atomic mass is 10.1. The summed E-state index contributed by atoms with van der Waals surface area (Å²) >= 11 is 0. The van der Waals surface area contributed by atoms with Gasteiger partial charge in [0.25, 0.3) is 0 Å². The van der Waals surface area contributed by atoms with Gasteiger partial charge in [-0.25, -0.2) is 0 Å². The molecule has 1 N–H and O–H groups in total. The minimum atomic E-state index is -0.0194. The molecule has 0 bridgehead atoms. The fourth-order valence-electron chi connectivity index (χ4n) is 1.26. The Balaban J connectivity index is 2.63. The van der Waals surface area contributed by atoms with E-state index in [9.17, 15) is 4.79 Å². The van der Waals surface area contributed by atoms with Gasteiger partial charge in [0.15, 0.2) is 0 Å². The Hall–Kier alpha value is -1.57. The van der Waals surface area contributed by atoms with Crippen LogP contribution in [0.1, 0.15) is 19.4 Å². The van der Waals surface area contributed by atoms with Gasteiger partial charge >= 0.3 is 0 Å². The van der Waals surface area contributed by atoms with Gasteiger partial charge in [-0.15, -0.1) is 0 Å². The lowest BCUT2D eigenvalue weighted by Gasteiger charge is -2.07. The van der Waals surface area contributed by atoms with Gasteiger partial charge in [0, 0.05) is 19.0 Å². The van der Waals surface area contributed by atoms with Crippen molar-refractivity contribution in [1.29, 1.82) is 0 Å². The minimum Gasteiger partial charge on any atom is -0.330 e. The monoisotopic (exact) mass is 189 g/mol. The normalized spacial score (nSPS) is 11.1. The number of hydrogen-bond acceptors (Lipinski definition) is 1. The Morgan fingerprint density at radius 2 is 2.00 bits per heavy atom. The van der Waals surface area contributed by atoms with Crippen LogP contribution in [0.3, 0.4) is 0 Å². The van der Waals surface area contributed by atoms with E-state index in [-0.39, 0.29) is 5.91 Å². The van der Waals surface area contributed by atoms with E-state index >= 15 is 0 Å². The van der Waals surface area contributed by atoms with E-state index in [1.165, 1.54) is 12.5 Å². The first kappa shape index (κ1) is 10.5. The highest BCUT2D eigenvalue weighted by Crippen LogP contribution is 2.05. The molecule has 1 rings (SSSR count). The number of allylic oxidation sites excluding steroid dienone is 2. The van der Waals surface area contributed by atoms with Crippen LogP contribution in [0.15, 0.2) is 42.1 Å². The molecule has 0 fully saturated rings. The lowest BCUT2D eigenvalue weighted by molar-refractivity contribution is -0.118. The second kappa shape index (κ2) is 5.22. The van der Waals surface area contributed by atoms with Crippen LogP contribution in [0.25, 0.3) is 0 Å². The van der Waals surface area contributed by atoms with E-state index in [0.29, 0.717) is 0 Å². The molecule has 2 nitrogen and oxygen atoms in total. The molecule has 1 aromatic rings. The Morgan fingerprint density at radius 1 is 1.36 bits per heavy atom. The molecule has 1 amide bonds. The van der Waals surface area contributed by atoms with Crippen molar-refractivity contribution in [3.05, 3.63) is 47.7 Å². The molecular formula is C12H15NO. The molecule has 0 radical (unpaired) electrons. The van der Waals surface area contributed by atoms with Crippen LogP contribution in [0.4, 0.5) is 0 Å². The third kappa shape index (κ3) is 3.44. The van der Waals surface area contributed by atoms with Crippen molar-refractivity contribution in [3.63, 3.8) is 0 Å². The Morgan fingerprint density at radius 3 is 2.50 bits per heavy atom. The first-order chi connectivity index (χ1) is 6.72. The maximum absolute atomic E-state index is 10.9. The van der Waals surface area contributed by atoms with Crippen LogP contribution in [-0.2, 0) is 11.2 Å². The quantitative estimate of drug-likeness (QED) is 0.776. The molecular weight excluding hydrogens is 174 g/mol. The zero-order valence-corrected chi connectivity index (χ0v) is 8.58. The van der Waals surface area contributed by atoms with Gasteiger partial charge in [-0.1, -0.05) is 36.4 Å². The summed E-state index contributed by atoms with van der Waals surface area (Å²) in [6, 6.07) is 10.1. The molecule has 0 saturated heterocycles. The average molecular weight is 189 g/mol. The Bertz CT molecular complexity index is 327. The van der Waals surface area contributed by atoms with Crippen molar-refractivity contribution in [1.82, 2.24) is 5.32 Å². The number of carbonyl (C=O) groups is 1. The third-order valence-electron chi connectivity index (χ3n) is 1.92. The molecule has 0 saturated carbocycles. The molecule has 0 spiro atoms. The van der Waals surface area contributed by atoms with E-state index in [4.69, 9.17) is 0 Å². The SMILES string of the molecule is CC=C(Cc1ccccc1)NC(C)=O. The van der Waals surface area contributed by atoms with Crippen LogP contribution in [0.5, 0.6) is 0 Å². The molecule has 1 aromatic carbocycles. The summed E-state index contributed by atoms with van der Waals surface area (Å²) in [4.78, 5) is 10.9. The van der Waals surface area contributed by atoms with E-state index in [1.807, 2.05) is 43.3 Å². The molecule has 0 atom stereocenters. The summed E-state index contributed by atoms with van der Waals surface area (Å²) < 4.78 is 0. The summed E-state index contributed by atoms with van der Waals surface area (Å²) in [6.45, 7) is 3.45. The summed E-state index contributed by atoms with van der Waals surface area (Å²) in [5.41, 5.74) is 2.15. The Kier molecular flexibility index (Phi) is 3.92. The number of rotatable bonds is 3.